The Balaban J connectivity index is 1.50. The highest BCUT2D eigenvalue weighted by Crippen LogP contribution is 2.20. The predicted octanol–water partition coefficient (Wildman–Crippen LogP) is 2.45. The fraction of sp³-hybridized carbons (Fsp3) is 0.562. The third-order valence-electron chi connectivity index (χ3n) is 3.82. The third-order valence-corrected chi connectivity index (χ3v) is 3.82. The molecule has 2 aliphatic rings. The zero-order valence-electron chi connectivity index (χ0n) is 11.7. The van der Waals surface area contributed by atoms with Gasteiger partial charge in [-0.3, -0.25) is 4.79 Å². The van der Waals surface area contributed by atoms with Crippen LogP contribution >= 0.6 is 0 Å². The van der Waals surface area contributed by atoms with Crippen molar-refractivity contribution in [1.29, 1.82) is 0 Å². The zero-order chi connectivity index (χ0) is 13.8. The Morgan fingerprint density at radius 1 is 1.30 bits per heavy atom. The van der Waals surface area contributed by atoms with E-state index < -0.39 is 0 Å². The molecule has 2 fully saturated rings. The Morgan fingerprint density at radius 3 is 2.95 bits per heavy atom. The standard InChI is InChI=1S/C16H22N2O2/c19-16(10-15-5-2-8-20-15)18-14-4-1-3-12(9-14)11-17-13-6-7-13/h1,3-4,9,13,15,17H,2,5-8,10-11H2,(H,18,19). The van der Waals surface area contributed by atoms with Crippen LogP contribution < -0.4 is 10.6 Å². The van der Waals surface area contributed by atoms with E-state index in [1.54, 1.807) is 0 Å². The first-order chi connectivity index (χ1) is 9.79. The summed E-state index contributed by atoms with van der Waals surface area (Å²) in [6.07, 6.45) is 5.22. The first kappa shape index (κ1) is 13.6. The summed E-state index contributed by atoms with van der Waals surface area (Å²) in [5.41, 5.74) is 2.09. The molecule has 1 aromatic rings. The van der Waals surface area contributed by atoms with Gasteiger partial charge in [-0.1, -0.05) is 12.1 Å². The molecule has 0 bridgehead atoms. The number of benzene rings is 1. The SMILES string of the molecule is O=C(CC1CCCO1)Nc1cccc(CNC2CC2)c1. The molecule has 1 saturated heterocycles. The molecule has 0 aromatic heterocycles. The lowest BCUT2D eigenvalue weighted by atomic mass is 10.1. The molecule has 0 spiro atoms. The summed E-state index contributed by atoms with van der Waals surface area (Å²) >= 11 is 0. The van der Waals surface area contributed by atoms with E-state index >= 15 is 0 Å². The first-order valence-electron chi connectivity index (χ1n) is 7.53. The van der Waals surface area contributed by atoms with Crippen LogP contribution in [-0.4, -0.2) is 24.7 Å². The van der Waals surface area contributed by atoms with Gasteiger partial charge in [0.25, 0.3) is 0 Å². The Hall–Kier alpha value is -1.39. The highest BCUT2D eigenvalue weighted by Gasteiger charge is 2.20. The maximum Gasteiger partial charge on any atom is 0.226 e. The van der Waals surface area contributed by atoms with Crippen LogP contribution in [0.4, 0.5) is 5.69 Å². The van der Waals surface area contributed by atoms with Crippen molar-refractivity contribution in [2.45, 2.75) is 50.8 Å². The molecule has 1 unspecified atom stereocenters. The van der Waals surface area contributed by atoms with Crippen molar-refractivity contribution in [3.63, 3.8) is 0 Å². The first-order valence-corrected chi connectivity index (χ1v) is 7.53. The molecular weight excluding hydrogens is 252 g/mol. The Bertz CT molecular complexity index is 465. The van der Waals surface area contributed by atoms with Gasteiger partial charge in [0.1, 0.15) is 0 Å². The van der Waals surface area contributed by atoms with E-state index in [-0.39, 0.29) is 12.0 Å². The summed E-state index contributed by atoms with van der Waals surface area (Å²) in [5, 5.41) is 6.45. The van der Waals surface area contributed by atoms with Gasteiger partial charge in [-0.25, -0.2) is 0 Å². The number of amides is 1. The summed E-state index contributed by atoms with van der Waals surface area (Å²) in [5.74, 6) is 0.0456. The second kappa shape index (κ2) is 6.37. The lowest BCUT2D eigenvalue weighted by molar-refractivity contribution is -0.118. The van der Waals surface area contributed by atoms with Gasteiger partial charge < -0.3 is 15.4 Å². The second-order valence-electron chi connectivity index (χ2n) is 5.74. The maximum absolute atomic E-state index is 11.9. The number of nitrogens with one attached hydrogen (secondary N) is 2. The molecule has 1 atom stereocenters. The fourth-order valence-electron chi connectivity index (χ4n) is 2.53. The average Bonchev–Trinajstić information content (AvgIpc) is 3.14. The third kappa shape index (κ3) is 4.05. The number of carbonyl (C=O) groups excluding carboxylic acids is 1. The molecule has 20 heavy (non-hydrogen) atoms. The molecule has 0 radical (unpaired) electrons. The summed E-state index contributed by atoms with van der Waals surface area (Å²) in [6.45, 7) is 1.67. The molecule has 1 amide bonds. The summed E-state index contributed by atoms with van der Waals surface area (Å²) in [7, 11) is 0. The highest BCUT2D eigenvalue weighted by molar-refractivity contribution is 5.91. The topological polar surface area (TPSA) is 50.4 Å². The normalized spacial score (nSPS) is 21.9. The molecule has 1 aliphatic heterocycles. The van der Waals surface area contributed by atoms with E-state index in [0.29, 0.717) is 12.5 Å². The lowest BCUT2D eigenvalue weighted by Crippen LogP contribution is -2.19. The molecular formula is C16H22N2O2. The van der Waals surface area contributed by atoms with Crippen molar-refractivity contribution in [2.75, 3.05) is 11.9 Å². The van der Waals surface area contributed by atoms with E-state index in [1.165, 1.54) is 18.4 Å². The van der Waals surface area contributed by atoms with Gasteiger partial charge in [-0.05, 0) is 43.4 Å². The molecule has 4 nitrogen and oxygen atoms in total. The molecule has 4 heteroatoms. The Kier molecular flexibility index (Phi) is 4.33. The molecule has 1 aliphatic carbocycles. The van der Waals surface area contributed by atoms with Crippen molar-refractivity contribution in [3.05, 3.63) is 29.8 Å². The maximum atomic E-state index is 11.9. The quantitative estimate of drug-likeness (QED) is 0.837. The van der Waals surface area contributed by atoms with Crippen LogP contribution in [0.15, 0.2) is 24.3 Å². The van der Waals surface area contributed by atoms with Crippen LogP contribution in [-0.2, 0) is 16.1 Å². The van der Waals surface area contributed by atoms with E-state index in [1.807, 2.05) is 18.2 Å². The minimum Gasteiger partial charge on any atom is -0.378 e. The van der Waals surface area contributed by atoms with E-state index in [9.17, 15) is 4.79 Å². The van der Waals surface area contributed by atoms with Crippen LogP contribution in [0.5, 0.6) is 0 Å². The number of carbonyl (C=O) groups is 1. The summed E-state index contributed by atoms with van der Waals surface area (Å²) in [6, 6.07) is 8.76. The Morgan fingerprint density at radius 2 is 2.20 bits per heavy atom. The van der Waals surface area contributed by atoms with Gasteiger partial charge in [0.2, 0.25) is 5.91 Å². The van der Waals surface area contributed by atoms with Gasteiger partial charge in [0.05, 0.1) is 12.5 Å². The van der Waals surface area contributed by atoms with Gasteiger partial charge >= 0.3 is 0 Å². The van der Waals surface area contributed by atoms with Crippen molar-refractivity contribution in [3.8, 4) is 0 Å². The fourth-order valence-corrected chi connectivity index (χ4v) is 2.53. The van der Waals surface area contributed by atoms with E-state index in [4.69, 9.17) is 4.74 Å². The van der Waals surface area contributed by atoms with E-state index in [2.05, 4.69) is 16.7 Å². The highest BCUT2D eigenvalue weighted by atomic mass is 16.5. The Labute approximate surface area is 119 Å². The number of ether oxygens (including phenoxy) is 1. The van der Waals surface area contributed by atoms with Crippen LogP contribution in [0.1, 0.15) is 37.7 Å². The van der Waals surface area contributed by atoms with Crippen molar-refractivity contribution < 1.29 is 9.53 Å². The summed E-state index contributed by atoms with van der Waals surface area (Å²) < 4.78 is 5.49. The number of rotatable bonds is 6. The van der Waals surface area contributed by atoms with Gasteiger partial charge in [-0.15, -0.1) is 0 Å². The van der Waals surface area contributed by atoms with E-state index in [0.717, 1.165) is 31.7 Å². The molecule has 108 valence electrons. The van der Waals surface area contributed by atoms with Crippen molar-refractivity contribution >= 4 is 11.6 Å². The summed E-state index contributed by atoms with van der Waals surface area (Å²) in [4.78, 5) is 11.9. The largest absolute Gasteiger partial charge is 0.378 e. The molecule has 1 saturated carbocycles. The molecule has 1 aromatic carbocycles. The number of anilines is 1. The minimum atomic E-state index is 0.0456. The smallest absolute Gasteiger partial charge is 0.226 e. The average molecular weight is 274 g/mol. The second-order valence-corrected chi connectivity index (χ2v) is 5.74. The van der Waals surface area contributed by atoms with Crippen LogP contribution in [0.2, 0.25) is 0 Å². The predicted molar refractivity (Wildman–Crippen MR) is 78.5 cm³/mol. The van der Waals surface area contributed by atoms with Crippen LogP contribution in [0.25, 0.3) is 0 Å². The van der Waals surface area contributed by atoms with Crippen LogP contribution in [0.3, 0.4) is 0 Å². The monoisotopic (exact) mass is 274 g/mol. The lowest BCUT2D eigenvalue weighted by Gasteiger charge is -2.11. The van der Waals surface area contributed by atoms with Gasteiger partial charge in [0, 0.05) is 24.9 Å². The number of hydrogen-bond donors (Lipinski definition) is 2. The van der Waals surface area contributed by atoms with Gasteiger partial charge in [0.15, 0.2) is 0 Å². The van der Waals surface area contributed by atoms with Crippen molar-refractivity contribution in [1.82, 2.24) is 5.32 Å². The van der Waals surface area contributed by atoms with Crippen molar-refractivity contribution in [2.24, 2.45) is 0 Å². The number of hydrogen-bond acceptors (Lipinski definition) is 3. The zero-order valence-corrected chi connectivity index (χ0v) is 11.7. The minimum absolute atomic E-state index is 0.0456. The van der Waals surface area contributed by atoms with Crippen LogP contribution in [0, 0.1) is 0 Å². The van der Waals surface area contributed by atoms with Gasteiger partial charge in [-0.2, -0.15) is 0 Å². The molecule has 2 N–H and O–H groups in total. The molecule has 1 heterocycles. The molecule has 3 rings (SSSR count).